The number of carbonyl (C=O) groups is 1. The lowest BCUT2D eigenvalue weighted by molar-refractivity contribution is -0.0158. The van der Waals surface area contributed by atoms with Crippen LogP contribution in [0, 0.1) is 5.82 Å². The Hall–Kier alpha value is -2.80. The van der Waals surface area contributed by atoms with Crippen LogP contribution in [0.2, 0.25) is 0 Å². The predicted molar refractivity (Wildman–Crippen MR) is 92.7 cm³/mol. The fourth-order valence-corrected chi connectivity index (χ4v) is 3.31. The first-order valence-electron chi connectivity index (χ1n) is 8.48. The van der Waals surface area contributed by atoms with Gasteiger partial charge in [-0.05, 0) is 42.7 Å². The Kier molecular flexibility index (Phi) is 4.16. The smallest absolute Gasteiger partial charge is 0.321 e. The van der Waals surface area contributed by atoms with Crippen molar-refractivity contribution in [3.05, 3.63) is 53.8 Å². The molecule has 136 valence electrons. The molecule has 2 aromatic rings. The molecule has 26 heavy (non-hydrogen) atoms. The predicted octanol–water partition coefficient (Wildman–Crippen LogP) is 3.07. The van der Waals surface area contributed by atoms with Crippen molar-refractivity contribution in [3.8, 4) is 11.5 Å². The second-order valence-electron chi connectivity index (χ2n) is 6.50. The minimum absolute atomic E-state index is 0.147. The van der Waals surface area contributed by atoms with Crippen LogP contribution in [0.5, 0.6) is 11.5 Å². The maximum Gasteiger partial charge on any atom is 0.321 e. The zero-order valence-electron chi connectivity index (χ0n) is 14.1. The van der Waals surface area contributed by atoms with Gasteiger partial charge in [0, 0.05) is 13.1 Å². The molecule has 1 fully saturated rings. The Bertz CT molecular complexity index is 834. The summed E-state index contributed by atoms with van der Waals surface area (Å²) in [4.78, 5) is 13.9. The van der Waals surface area contributed by atoms with Crippen LogP contribution in [-0.4, -0.2) is 35.9 Å². The Labute approximate surface area is 150 Å². The van der Waals surface area contributed by atoms with E-state index in [1.54, 1.807) is 29.2 Å². The van der Waals surface area contributed by atoms with Crippen LogP contribution < -0.4 is 14.8 Å². The molecule has 2 heterocycles. The Morgan fingerprint density at radius 1 is 1.12 bits per heavy atom. The minimum atomic E-state index is -1.03. The van der Waals surface area contributed by atoms with Gasteiger partial charge in [0.1, 0.15) is 5.82 Å². The minimum Gasteiger partial charge on any atom is -0.454 e. The second kappa shape index (κ2) is 6.49. The molecule has 0 unspecified atom stereocenters. The molecular formula is C19H19FN2O4. The molecule has 2 aromatic carbocycles. The van der Waals surface area contributed by atoms with Gasteiger partial charge in [-0.2, -0.15) is 0 Å². The van der Waals surface area contributed by atoms with E-state index < -0.39 is 11.4 Å². The van der Waals surface area contributed by atoms with Crippen molar-refractivity contribution in [2.75, 3.05) is 25.2 Å². The highest BCUT2D eigenvalue weighted by Crippen LogP contribution is 2.39. The van der Waals surface area contributed by atoms with Gasteiger partial charge in [-0.3, -0.25) is 0 Å². The molecule has 0 spiro atoms. The highest BCUT2D eigenvalue weighted by molar-refractivity contribution is 5.89. The van der Waals surface area contributed by atoms with Crippen LogP contribution in [0.1, 0.15) is 18.4 Å². The van der Waals surface area contributed by atoms with Gasteiger partial charge in [-0.1, -0.05) is 18.2 Å². The van der Waals surface area contributed by atoms with Crippen molar-refractivity contribution in [2.24, 2.45) is 0 Å². The van der Waals surface area contributed by atoms with Crippen molar-refractivity contribution in [1.82, 2.24) is 4.90 Å². The van der Waals surface area contributed by atoms with Crippen LogP contribution in [-0.2, 0) is 5.60 Å². The number of piperidine rings is 1. The molecule has 7 heteroatoms. The van der Waals surface area contributed by atoms with Crippen LogP contribution in [0.4, 0.5) is 14.9 Å². The van der Waals surface area contributed by atoms with E-state index >= 15 is 0 Å². The molecule has 0 radical (unpaired) electrons. The number of likely N-dealkylation sites (tertiary alicyclic amines) is 1. The van der Waals surface area contributed by atoms with Crippen molar-refractivity contribution in [3.63, 3.8) is 0 Å². The van der Waals surface area contributed by atoms with Crippen molar-refractivity contribution in [2.45, 2.75) is 18.4 Å². The van der Waals surface area contributed by atoms with Gasteiger partial charge in [-0.15, -0.1) is 0 Å². The topological polar surface area (TPSA) is 71.0 Å². The summed E-state index contributed by atoms with van der Waals surface area (Å²) in [6.45, 7) is 0.914. The third kappa shape index (κ3) is 3.06. The number of anilines is 1. The van der Waals surface area contributed by atoms with Crippen LogP contribution >= 0.6 is 0 Å². The molecule has 6 nitrogen and oxygen atoms in total. The van der Waals surface area contributed by atoms with Crippen LogP contribution in [0.15, 0.2) is 42.5 Å². The Morgan fingerprint density at radius 2 is 1.85 bits per heavy atom. The summed E-state index contributed by atoms with van der Waals surface area (Å²) in [5.41, 5.74) is -0.138. The number of ether oxygens (including phenoxy) is 2. The zero-order chi connectivity index (χ0) is 18.1. The number of fused-ring (bicyclic) bond motifs is 1. The van der Waals surface area contributed by atoms with Crippen molar-refractivity contribution >= 4 is 11.7 Å². The van der Waals surface area contributed by atoms with Gasteiger partial charge in [0.15, 0.2) is 11.5 Å². The van der Waals surface area contributed by atoms with Gasteiger partial charge in [0.05, 0.1) is 11.3 Å². The third-order valence-electron chi connectivity index (χ3n) is 4.90. The largest absolute Gasteiger partial charge is 0.454 e. The van der Waals surface area contributed by atoms with E-state index in [9.17, 15) is 14.3 Å². The number of carbonyl (C=O) groups excluding carboxylic acids is 1. The van der Waals surface area contributed by atoms with Gasteiger partial charge in [-0.25, -0.2) is 9.18 Å². The number of hydrogen-bond donors (Lipinski definition) is 2. The molecule has 4 rings (SSSR count). The molecule has 2 aliphatic rings. The maximum absolute atomic E-state index is 13.7. The number of hydrogen-bond acceptors (Lipinski definition) is 4. The first-order valence-corrected chi connectivity index (χ1v) is 8.48. The highest BCUT2D eigenvalue weighted by Gasteiger charge is 2.36. The molecule has 0 atom stereocenters. The lowest BCUT2D eigenvalue weighted by Gasteiger charge is -2.38. The Morgan fingerprint density at radius 3 is 2.62 bits per heavy atom. The van der Waals surface area contributed by atoms with Crippen LogP contribution in [0.25, 0.3) is 0 Å². The number of urea groups is 1. The number of halogens is 1. The standard InChI is InChI=1S/C19H19FN2O4/c20-14-3-1-2-4-15(14)21-18(23)22-9-7-19(24,8-10-22)13-5-6-16-17(11-13)26-12-25-16/h1-6,11,24H,7-10,12H2,(H,21,23). The average Bonchev–Trinajstić information content (AvgIpc) is 3.12. The van der Waals surface area contributed by atoms with Crippen molar-refractivity contribution in [1.29, 1.82) is 0 Å². The number of nitrogens with zero attached hydrogens (tertiary/aromatic N) is 1. The molecule has 0 bridgehead atoms. The van der Waals surface area contributed by atoms with Gasteiger partial charge < -0.3 is 24.8 Å². The molecule has 2 amide bonds. The second-order valence-corrected chi connectivity index (χ2v) is 6.50. The van der Waals surface area contributed by atoms with E-state index in [0.717, 1.165) is 5.56 Å². The van der Waals surface area contributed by atoms with Crippen LogP contribution in [0.3, 0.4) is 0 Å². The molecule has 0 saturated carbocycles. The summed E-state index contributed by atoms with van der Waals surface area (Å²) in [7, 11) is 0. The van der Waals surface area contributed by atoms with E-state index in [4.69, 9.17) is 9.47 Å². The van der Waals surface area contributed by atoms with E-state index in [-0.39, 0.29) is 18.5 Å². The van der Waals surface area contributed by atoms with Crippen molar-refractivity contribution < 1.29 is 23.8 Å². The van der Waals surface area contributed by atoms with E-state index in [1.807, 2.05) is 6.07 Å². The number of aliphatic hydroxyl groups is 1. The molecule has 0 aliphatic carbocycles. The lowest BCUT2D eigenvalue weighted by Crippen LogP contribution is -2.46. The Balaban J connectivity index is 1.42. The number of rotatable bonds is 2. The molecule has 2 aliphatic heterocycles. The van der Waals surface area contributed by atoms with E-state index in [1.165, 1.54) is 12.1 Å². The monoisotopic (exact) mass is 358 g/mol. The SMILES string of the molecule is O=C(Nc1ccccc1F)N1CCC(O)(c2ccc3c(c2)OCO3)CC1. The highest BCUT2D eigenvalue weighted by atomic mass is 19.1. The quantitative estimate of drug-likeness (QED) is 0.866. The summed E-state index contributed by atoms with van der Waals surface area (Å²) < 4.78 is 24.3. The molecule has 1 saturated heterocycles. The fraction of sp³-hybridized carbons (Fsp3) is 0.316. The van der Waals surface area contributed by atoms with E-state index in [2.05, 4.69) is 5.32 Å². The van der Waals surface area contributed by atoms with Gasteiger partial charge in [0.2, 0.25) is 6.79 Å². The number of amides is 2. The first-order chi connectivity index (χ1) is 12.5. The molecule has 0 aromatic heterocycles. The summed E-state index contributed by atoms with van der Waals surface area (Å²) in [6, 6.07) is 11.1. The summed E-state index contributed by atoms with van der Waals surface area (Å²) >= 11 is 0. The average molecular weight is 358 g/mol. The lowest BCUT2D eigenvalue weighted by atomic mass is 9.84. The maximum atomic E-state index is 13.7. The summed E-state index contributed by atoms with van der Waals surface area (Å²) in [6.07, 6.45) is 0.772. The molecular weight excluding hydrogens is 339 g/mol. The number of benzene rings is 2. The number of nitrogens with one attached hydrogen (secondary N) is 1. The number of para-hydroxylation sites is 1. The zero-order valence-corrected chi connectivity index (χ0v) is 14.1. The normalized spacial score (nSPS) is 17.8. The summed E-state index contributed by atoms with van der Waals surface area (Å²) in [5.74, 6) is 0.810. The third-order valence-corrected chi connectivity index (χ3v) is 4.90. The molecule has 2 N–H and O–H groups in total. The van der Waals surface area contributed by atoms with E-state index in [0.29, 0.717) is 37.4 Å². The first kappa shape index (κ1) is 16.7. The van der Waals surface area contributed by atoms with Gasteiger partial charge in [0.25, 0.3) is 0 Å². The van der Waals surface area contributed by atoms with Gasteiger partial charge >= 0.3 is 6.03 Å². The summed E-state index contributed by atoms with van der Waals surface area (Å²) in [5, 5.41) is 13.6. The fourth-order valence-electron chi connectivity index (χ4n) is 3.31.